The second-order valence-electron chi connectivity index (χ2n) is 7.49. The van der Waals surface area contributed by atoms with Crippen LogP contribution in [0.15, 0.2) is 11.1 Å². The van der Waals surface area contributed by atoms with Crippen molar-refractivity contribution in [3.8, 4) is 0 Å². The lowest BCUT2D eigenvalue weighted by Gasteiger charge is -2.38. The molecule has 1 N–H and O–H groups in total. The fourth-order valence-electron chi connectivity index (χ4n) is 2.98. The predicted octanol–water partition coefficient (Wildman–Crippen LogP) is 3.44. The number of nitrogens with one attached hydrogen (secondary N) is 1. The van der Waals surface area contributed by atoms with E-state index in [0.717, 1.165) is 6.07 Å². The highest BCUT2D eigenvalue weighted by Crippen LogP contribution is 2.35. The molecule has 2 aliphatic rings. The number of hydrogen-bond acceptors (Lipinski definition) is 6. The van der Waals surface area contributed by atoms with Crippen molar-refractivity contribution in [2.75, 3.05) is 38.2 Å². The number of alkyl halides is 3. The smallest absolute Gasteiger partial charge is 0.433 e. The second-order valence-corrected chi connectivity index (χ2v) is 7.85. The summed E-state index contributed by atoms with van der Waals surface area (Å²) in [6, 6.07) is 0.951. The average molecular weight is 420 g/mol. The Morgan fingerprint density at radius 3 is 2.43 bits per heavy atom. The largest absolute Gasteiger partial charge is 0.444 e. The van der Waals surface area contributed by atoms with E-state index in [4.69, 9.17) is 16.3 Å². The van der Waals surface area contributed by atoms with Crippen LogP contribution >= 0.6 is 11.6 Å². The van der Waals surface area contributed by atoms with Gasteiger partial charge in [0.05, 0.1) is 5.69 Å². The fraction of sp³-hybridized carbons (Fsp3) is 0.588. The minimum absolute atomic E-state index is 0.182. The van der Waals surface area contributed by atoms with Gasteiger partial charge >= 0.3 is 12.3 Å². The van der Waals surface area contributed by atoms with Crippen LogP contribution in [0.2, 0.25) is 5.15 Å². The number of piperazine rings is 1. The Kier molecular flexibility index (Phi) is 5.35. The summed E-state index contributed by atoms with van der Waals surface area (Å²) >= 11 is 5.97. The van der Waals surface area contributed by atoms with E-state index in [-0.39, 0.29) is 17.4 Å². The molecule has 1 aromatic heterocycles. The SMILES string of the molecule is CC(C)(C)OC(=O)N1CCN(C2=NCNc3c2cc(C(F)(F)F)nc3Cl)CC1. The molecule has 0 unspecified atom stereocenters. The van der Waals surface area contributed by atoms with E-state index in [0.29, 0.717) is 37.7 Å². The zero-order valence-electron chi connectivity index (χ0n) is 15.7. The number of halogens is 4. The number of pyridine rings is 1. The van der Waals surface area contributed by atoms with Gasteiger partial charge in [-0.05, 0) is 26.8 Å². The number of fused-ring (bicyclic) bond motifs is 1. The standard InChI is InChI=1S/C17H21ClF3N5O2/c1-16(2,3)28-15(27)26-6-4-25(5-7-26)14-10-8-11(17(19,20)21)24-13(18)12(10)22-9-23-14/h8,22H,4-7,9H2,1-3H3. The number of amidine groups is 1. The van der Waals surface area contributed by atoms with Gasteiger partial charge in [0.1, 0.15) is 23.8 Å². The van der Waals surface area contributed by atoms with E-state index < -0.39 is 23.6 Å². The van der Waals surface area contributed by atoms with E-state index >= 15 is 0 Å². The molecule has 3 rings (SSSR count). The molecule has 2 aliphatic heterocycles. The minimum Gasteiger partial charge on any atom is -0.444 e. The summed E-state index contributed by atoms with van der Waals surface area (Å²) in [5.41, 5.74) is -1.08. The number of carbonyl (C=O) groups is 1. The van der Waals surface area contributed by atoms with Crippen molar-refractivity contribution in [1.82, 2.24) is 14.8 Å². The number of aromatic nitrogens is 1. The number of ether oxygens (including phenoxy) is 1. The molecule has 11 heteroatoms. The zero-order chi connectivity index (χ0) is 20.7. The van der Waals surface area contributed by atoms with Gasteiger partial charge in [-0.3, -0.25) is 0 Å². The molecule has 0 aliphatic carbocycles. The van der Waals surface area contributed by atoms with Crippen LogP contribution in [0.5, 0.6) is 0 Å². The summed E-state index contributed by atoms with van der Waals surface area (Å²) in [6.45, 7) is 7.13. The van der Waals surface area contributed by atoms with Gasteiger partial charge in [0.2, 0.25) is 0 Å². The van der Waals surface area contributed by atoms with Crippen molar-refractivity contribution in [3.63, 3.8) is 0 Å². The third kappa shape index (κ3) is 4.43. The van der Waals surface area contributed by atoms with Gasteiger partial charge < -0.3 is 19.9 Å². The maximum atomic E-state index is 13.1. The first kappa shape index (κ1) is 20.5. The number of carbonyl (C=O) groups excluding carboxylic acids is 1. The number of amides is 1. The Morgan fingerprint density at radius 1 is 1.21 bits per heavy atom. The minimum atomic E-state index is -4.61. The Hall–Kier alpha value is -2.23. The lowest BCUT2D eigenvalue weighted by Crippen LogP contribution is -2.52. The van der Waals surface area contributed by atoms with Crippen molar-refractivity contribution in [1.29, 1.82) is 0 Å². The molecule has 154 valence electrons. The van der Waals surface area contributed by atoms with Crippen LogP contribution in [0.4, 0.5) is 23.7 Å². The summed E-state index contributed by atoms with van der Waals surface area (Å²) in [4.78, 5) is 23.4. The van der Waals surface area contributed by atoms with Gasteiger partial charge in [-0.25, -0.2) is 14.8 Å². The molecule has 1 amide bonds. The topological polar surface area (TPSA) is 70.1 Å². The Morgan fingerprint density at radius 2 is 1.86 bits per heavy atom. The predicted molar refractivity (Wildman–Crippen MR) is 98.7 cm³/mol. The zero-order valence-corrected chi connectivity index (χ0v) is 16.5. The van der Waals surface area contributed by atoms with Crippen LogP contribution in [0.3, 0.4) is 0 Å². The van der Waals surface area contributed by atoms with E-state index in [1.807, 2.05) is 4.90 Å². The molecule has 1 fully saturated rings. The Balaban J connectivity index is 1.78. The van der Waals surface area contributed by atoms with Gasteiger partial charge in [-0.1, -0.05) is 11.6 Å². The molecule has 3 heterocycles. The summed E-state index contributed by atoms with van der Waals surface area (Å²) in [6.07, 6.45) is -5.03. The number of rotatable bonds is 0. The lowest BCUT2D eigenvalue weighted by atomic mass is 10.1. The maximum Gasteiger partial charge on any atom is 0.433 e. The third-order valence-electron chi connectivity index (χ3n) is 4.22. The first-order valence-electron chi connectivity index (χ1n) is 8.75. The molecule has 1 aromatic rings. The molecule has 0 saturated carbocycles. The van der Waals surface area contributed by atoms with Crippen molar-refractivity contribution < 1.29 is 22.7 Å². The highest BCUT2D eigenvalue weighted by atomic mass is 35.5. The highest BCUT2D eigenvalue weighted by Gasteiger charge is 2.36. The molecular weight excluding hydrogens is 399 g/mol. The Labute approximate surface area is 165 Å². The van der Waals surface area contributed by atoms with Crippen molar-refractivity contribution in [2.24, 2.45) is 4.99 Å². The van der Waals surface area contributed by atoms with Crippen molar-refractivity contribution >= 4 is 29.2 Å². The summed E-state index contributed by atoms with van der Waals surface area (Å²) in [7, 11) is 0. The number of anilines is 1. The van der Waals surface area contributed by atoms with Gasteiger partial charge in [0.25, 0.3) is 0 Å². The monoisotopic (exact) mass is 419 g/mol. The second kappa shape index (κ2) is 7.31. The van der Waals surface area contributed by atoms with Gasteiger partial charge in [0, 0.05) is 31.7 Å². The molecule has 0 aromatic carbocycles. The number of aliphatic imine (C=N–C) groups is 1. The first-order chi connectivity index (χ1) is 13.0. The molecule has 0 spiro atoms. The van der Waals surface area contributed by atoms with Crippen molar-refractivity contribution in [2.45, 2.75) is 32.5 Å². The molecule has 0 bridgehead atoms. The first-order valence-corrected chi connectivity index (χ1v) is 9.13. The van der Waals surface area contributed by atoms with Crippen LogP contribution in [0.1, 0.15) is 32.0 Å². The molecular formula is C17H21ClF3N5O2. The van der Waals surface area contributed by atoms with Crippen LogP contribution in [-0.4, -0.2) is 65.2 Å². The van der Waals surface area contributed by atoms with Crippen LogP contribution in [0, 0.1) is 0 Å². The normalized spacial score (nSPS) is 17.6. The maximum absolute atomic E-state index is 13.1. The van der Waals surface area contributed by atoms with E-state index in [9.17, 15) is 18.0 Å². The molecule has 7 nitrogen and oxygen atoms in total. The van der Waals surface area contributed by atoms with E-state index in [2.05, 4.69) is 15.3 Å². The van der Waals surface area contributed by atoms with Gasteiger partial charge in [0.15, 0.2) is 5.15 Å². The summed E-state index contributed by atoms with van der Waals surface area (Å²) in [5, 5.41) is 2.63. The van der Waals surface area contributed by atoms with Crippen LogP contribution < -0.4 is 5.32 Å². The summed E-state index contributed by atoms with van der Waals surface area (Å²) in [5.74, 6) is 0.410. The number of hydrogen-bond donors (Lipinski definition) is 1. The number of nitrogens with zero attached hydrogens (tertiary/aromatic N) is 4. The molecule has 28 heavy (non-hydrogen) atoms. The fourth-order valence-corrected chi connectivity index (χ4v) is 3.24. The van der Waals surface area contributed by atoms with Crippen LogP contribution in [-0.2, 0) is 10.9 Å². The van der Waals surface area contributed by atoms with Crippen molar-refractivity contribution in [3.05, 3.63) is 22.5 Å². The van der Waals surface area contributed by atoms with E-state index in [1.165, 1.54) is 0 Å². The highest BCUT2D eigenvalue weighted by molar-refractivity contribution is 6.33. The summed E-state index contributed by atoms with van der Waals surface area (Å²) < 4.78 is 44.7. The van der Waals surface area contributed by atoms with Crippen LogP contribution in [0.25, 0.3) is 0 Å². The average Bonchev–Trinajstić information content (AvgIpc) is 2.59. The van der Waals surface area contributed by atoms with Gasteiger partial charge in [-0.2, -0.15) is 13.2 Å². The molecule has 0 radical (unpaired) electrons. The lowest BCUT2D eigenvalue weighted by molar-refractivity contribution is -0.141. The van der Waals surface area contributed by atoms with E-state index in [1.54, 1.807) is 25.7 Å². The molecule has 1 saturated heterocycles. The Bertz CT molecular complexity index is 799. The third-order valence-corrected chi connectivity index (χ3v) is 4.50. The quantitative estimate of drug-likeness (QED) is 0.652. The molecule has 0 atom stereocenters. The van der Waals surface area contributed by atoms with Gasteiger partial charge in [-0.15, -0.1) is 0 Å².